The molecule has 0 radical (unpaired) electrons. The average molecular weight is 368 g/mol. The van der Waals surface area contributed by atoms with Gasteiger partial charge in [0.1, 0.15) is 0 Å². The van der Waals surface area contributed by atoms with Gasteiger partial charge in [-0.2, -0.15) is 0 Å². The van der Waals surface area contributed by atoms with Crippen LogP contribution in [0, 0.1) is 0 Å². The Balaban J connectivity index is 1.97. The highest BCUT2D eigenvalue weighted by Crippen LogP contribution is 2.15. The van der Waals surface area contributed by atoms with Crippen LogP contribution in [0.25, 0.3) is 0 Å². The van der Waals surface area contributed by atoms with Crippen LogP contribution in [-0.4, -0.2) is 33.2 Å². The van der Waals surface area contributed by atoms with Crippen LogP contribution in [0.5, 0.6) is 0 Å². The lowest BCUT2D eigenvalue weighted by atomic mass is 10.2. The summed E-state index contributed by atoms with van der Waals surface area (Å²) in [5.74, 6) is -1.33. The van der Waals surface area contributed by atoms with E-state index in [2.05, 4.69) is 5.32 Å². The van der Waals surface area contributed by atoms with Crippen LogP contribution in [0.1, 0.15) is 10.4 Å². The Kier molecular flexibility index (Phi) is 5.58. The quantitative estimate of drug-likeness (QED) is 0.820. The number of sulfone groups is 1. The third-order valence-electron chi connectivity index (χ3n) is 2.94. The number of anilines is 1. The number of esters is 1. The molecule has 24 heavy (non-hydrogen) atoms. The zero-order valence-electron chi connectivity index (χ0n) is 12.7. The highest BCUT2D eigenvalue weighted by molar-refractivity contribution is 7.90. The van der Waals surface area contributed by atoms with E-state index in [-0.39, 0.29) is 10.5 Å². The van der Waals surface area contributed by atoms with Crippen molar-refractivity contribution in [1.82, 2.24) is 0 Å². The van der Waals surface area contributed by atoms with E-state index in [0.717, 1.165) is 6.26 Å². The minimum absolute atomic E-state index is 0.000305. The van der Waals surface area contributed by atoms with E-state index < -0.39 is 28.3 Å². The number of nitrogens with one attached hydrogen (secondary N) is 1. The molecule has 0 fully saturated rings. The van der Waals surface area contributed by atoms with Gasteiger partial charge in [0.25, 0.3) is 5.91 Å². The van der Waals surface area contributed by atoms with Crippen molar-refractivity contribution in [2.75, 3.05) is 18.2 Å². The first-order valence-corrected chi connectivity index (χ1v) is 9.05. The van der Waals surface area contributed by atoms with Crippen molar-refractivity contribution >= 4 is 39.0 Å². The lowest BCUT2D eigenvalue weighted by Gasteiger charge is -2.07. The summed E-state index contributed by atoms with van der Waals surface area (Å²) in [6, 6.07) is 11.9. The lowest BCUT2D eigenvalue weighted by molar-refractivity contribution is -0.119. The molecule has 2 rings (SSSR count). The van der Waals surface area contributed by atoms with Crippen LogP contribution in [0.4, 0.5) is 5.69 Å². The summed E-state index contributed by atoms with van der Waals surface area (Å²) in [6.07, 6.45) is 1.04. The van der Waals surface area contributed by atoms with Crippen molar-refractivity contribution < 1.29 is 22.7 Å². The van der Waals surface area contributed by atoms with Gasteiger partial charge in [-0.25, -0.2) is 13.2 Å². The fourth-order valence-corrected chi connectivity index (χ4v) is 2.69. The lowest BCUT2D eigenvalue weighted by Crippen LogP contribution is -2.21. The van der Waals surface area contributed by atoms with E-state index in [4.69, 9.17) is 16.3 Å². The van der Waals surface area contributed by atoms with Gasteiger partial charge in [-0.05, 0) is 36.4 Å². The molecule has 0 aliphatic rings. The first-order valence-electron chi connectivity index (χ1n) is 6.78. The maximum absolute atomic E-state index is 11.9. The summed E-state index contributed by atoms with van der Waals surface area (Å²) in [4.78, 5) is 23.7. The number of benzene rings is 2. The minimum atomic E-state index is -3.43. The monoisotopic (exact) mass is 367 g/mol. The molecule has 1 N–H and O–H groups in total. The molecule has 0 saturated heterocycles. The molecule has 8 heteroatoms. The van der Waals surface area contributed by atoms with E-state index in [1.165, 1.54) is 24.3 Å². The number of carbonyl (C=O) groups is 2. The smallest absolute Gasteiger partial charge is 0.338 e. The Hall–Kier alpha value is -2.38. The molecule has 1 amide bonds. The summed E-state index contributed by atoms with van der Waals surface area (Å²) in [5, 5.41) is 2.99. The topological polar surface area (TPSA) is 89.5 Å². The maximum atomic E-state index is 11.9. The van der Waals surface area contributed by atoms with Crippen molar-refractivity contribution in [2.45, 2.75) is 4.90 Å². The van der Waals surface area contributed by atoms with Gasteiger partial charge in [0, 0.05) is 17.0 Å². The molecule has 6 nitrogen and oxygen atoms in total. The molecule has 0 bridgehead atoms. The second-order valence-corrected chi connectivity index (χ2v) is 7.39. The van der Waals surface area contributed by atoms with Gasteiger partial charge in [0.05, 0.1) is 10.5 Å². The Morgan fingerprint density at radius 1 is 1.12 bits per heavy atom. The van der Waals surface area contributed by atoms with E-state index in [1.807, 2.05) is 0 Å². The SMILES string of the molecule is CS(=O)(=O)c1cccc(C(=O)OCC(=O)Nc2cccc(Cl)c2)c1. The first-order chi connectivity index (χ1) is 11.3. The van der Waals surface area contributed by atoms with Crippen molar-refractivity contribution in [2.24, 2.45) is 0 Å². The van der Waals surface area contributed by atoms with Gasteiger partial charge < -0.3 is 10.1 Å². The number of rotatable bonds is 5. The van der Waals surface area contributed by atoms with Crippen molar-refractivity contribution in [3.8, 4) is 0 Å². The summed E-state index contributed by atoms with van der Waals surface area (Å²) in [6.45, 7) is -0.506. The molecule has 126 valence electrons. The highest BCUT2D eigenvalue weighted by Gasteiger charge is 2.14. The molecule has 0 heterocycles. The molecule has 2 aromatic carbocycles. The third-order valence-corrected chi connectivity index (χ3v) is 4.29. The number of hydrogen-bond donors (Lipinski definition) is 1. The predicted octanol–water partition coefficient (Wildman–Crippen LogP) is 2.54. The second-order valence-electron chi connectivity index (χ2n) is 4.93. The molecule has 0 aliphatic carbocycles. The number of halogens is 1. The second kappa shape index (κ2) is 7.46. The van der Waals surface area contributed by atoms with Gasteiger partial charge in [-0.3, -0.25) is 4.79 Å². The Labute approximate surface area is 144 Å². The van der Waals surface area contributed by atoms with Gasteiger partial charge >= 0.3 is 5.97 Å². The summed E-state index contributed by atoms with van der Waals surface area (Å²) in [7, 11) is -3.43. The molecule has 0 unspecified atom stereocenters. The summed E-state index contributed by atoms with van der Waals surface area (Å²) < 4.78 is 27.8. The largest absolute Gasteiger partial charge is 0.452 e. The van der Waals surface area contributed by atoms with E-state index in [9.17, 15) is 18.0 Å². The summed E-state index contributed by atoms with van der Waals surface area (Å²) >= 11 is 5.80. The first kappa shape index (κ1) is 18.0. The molecule has 2 aromatic rings. The van der Waals surface area contributed by atoms with Crippen LogP contribution >= 0.6 is 11.6 Å². The number of ether oxygens (including phenoxy) is 1. The highest BCUT2D eigenvalue weighted by atomic mass is 35.5. The molecule has 0 spiro atoms. The van der Waals surface area contributed by atoms with E-state index in [0.29, 0.717) is 10.7 Å². The van der Waals surface area contributed by atoms with Crippen LogP contribution in [-0.2, 0) is 19.4 Å². The summed E-state index contributed by atoms with van der Waals surface area (Å²) in [5.41, 5.74) is 0.524. The molecular formula is C16H14ClNO5S. The third kappa shape index (κ3) is 5.07. The Morgan fingerprint density at radius 3 is 2.50 bits per heavy atom. The van der Waals surface area contributed by atoms with Crippen LogP contribution < -0.4 is 5.32 Å². The average Bonchev–Trinajstić information content (AvgIpc) is 2.52. The number of carbonyl (C=O) groups excluding carboxylic acids is 2. The van der Waals surface area contributed by atoms with Crippen molar-refractivity contribution in [3.05, 3.63) is 59.1 Å². The van der Waals surface area contributed by atoms with Gasteiger partial charge in [-0.1, -0.05) is 23.7 Å². The Morgan fingerprint density at radius 2 is 1.83 bits per heavy atom. The number of hydrogen-bond acceptors (Lipinski definition) is 5. The minimum Gasteiger partial charge on any atom is -0.452 e. The molecule has 0 atom stereocenters. The molecule has 0 saturated carbocycles. The van der Waals surface area contributed by atoms with E-state index in [1.54, 1.807) is 24.3 Å². The zero-order chi connectivity index (χ0) is 17.7. The normalized spacial score (nSPS) is 10.9. The molecule has 0 aromatic heterocycles. The fraction of sp³-hybridized carbons (Fsp3) is 0.125. The predicted molar refractivity (Wildman–Crippen MR) is 89.9 cm³/mol. The van der Waals surface area contributed by atoms with Crippen molar-refractivity contribution in [1.29, 1.82) is 0 Å². The molecular weight excluding hydrogens is 354 g/mol. The standard InChI is InChI=1S/C16H14ClNO5S/c1-24(21,22)14-7-2-4-11(8-14)16(20)23-10-15(19)18-13-6-3-5-12(17)9-13/h2-9H,10H2,1H3,(H,18,19). The Bertz CT molecular complexity index is 880. The van der Waals surface area contributed by atoms with Crippen molar-refractivity contribution in [3.63, 3.8) is 0 Å². The maximum Gasteiger partial charge on any atom is 0.338 e. The van der Waals surface area contributed by atoms with E-state index >= 15 is 0 Å². The van der Waals surface area contributed by atoms with Crippen LogP contribution in [0.15, 0.2) is 53.4 Å². The van der Waals surface area contributed by atoms with Crippen LogP contribution in [0.2, 0.25) is 5.02 Å². The fourth-order valence-electron chi connectivity index (χ4n) is 1.83. The van der Waals surface area contributed by atoms with Crippen LogP contribution in [0.3, 0.4) is 0 Å². The molecule has 0 aliphatic heterocycles. The van der Waals surface area contributed by atoms with Gasteiger partial charge in [0.15, 0.2) is 16.4 Å². The number of amides is 1. The van der Waals surface area contributed by atoms with Gasteiger partial charge in [0.2, 0.25) is 0 Å². The van der Waals surface area contributed by atoms with Gasteiger partial charge in [-0.15, -0.1) is 0 Å². The zero-order valence-corrected chi connectivity index (χ0v) is 14.2.